The Kier molecular flexibility index (Phi) is 4.57. The number of anilines is 1. The Morgan fingerprint density at radius 2 is 1.89 bits per heavy atom. The Morgan fingerprint density at radius 3 is 2.68 bits per heavy atom. The van der Waals surface area contributed by atoms with Crippen molar-refractivity contribution < 1.29 is 13.2 Å². The molecule has 0 unspecified atom stereocenters. The number of aromatic nitrogens is 2. The highest BCUT2D eigenvalue weighted by atomic mass is 32.2. The van der Waals surface area contributed by atoms with Gasteiger partial charge in [-0.1, -0.05) is 30.3 Å². The van der Waals surface area contributed by atoms with E-state index in [9.17, 15) is 8.42 Å². The van der Waals surface area contributed by atoms with Gasteiger partial charge < -0.3 is 9.64 Å². The van der Waals surface area contributed by atoms with E-state index in [0.717, 1.165) is 30.9 Å². The van der Waals surface area contributed by atoms with Gasteiger partial charge in [0.2, 0.25) is 5.95 Å². The monoisotopic (exact) mass is 400 g/mol. The highest BCUT2D eigenvalue weighted by Crippen LogP contribution is 2.40. The van der Waals surface area contributed by atoms with E-state index < -0.39 is 9.84 Å². The van der Waals surface area contributed by atoms with Crippen molar-refractivity contribution in [2.75, 3.05) is 44.3 Å². The molecule has 1 aromatic carbocycles. The van der Waals surface area contributed by atoms with E-state index in [0.29, 0.717) is 32.3 Å². The Hall–Kier alpha value is -2.03. The topological polar surface area (TPSA) is 75.6 Å². The predicted molar refractivity (Wildman–Crippen MR) is 106 cm³/mol. The van der Waals surface area contributed by atoms with Crippen molar-refractivity contribution >= 4 is 15.8 Å². The van der Waals surface area contributed by atoms with Crippen LogP contribution in [0.15, 0.2) is 36.5 Å². The molecular weight excluding hydrogens is 376 g/mol. The van der Waals surface area contributed by atoms with Gasteiger partial charge in [-0.05, 0) is 5.56 Å². The maximum absolute atomic E-state index is 12.9. The molecule has 0 spiro atoms. The second-order valence-corrected chi connectivity index (χ2v) is 10.0. The number of nitrogens with zero attached hydrogens (tertiary/aromatic N) is 4. The number of hydrogen-bond donors (Lipinski definition) is 0. The number of fused-ring (bicyclic) bond motifs is 3. The smallest absolute Gasteiger partial charge is 0.225 e. The molecule has 0 aliphatic carbocycles. The van der Waals surface area contributed by atoms with Crippen LogP contribution in [0.25, 0.3) is 0 Å². The van der Waals surface area contributed by atoms with E-state index in [-0.39, 0.29) is 16.9 Å². The summed E-state index contributed by atoms with van der Waals surface area (Å²) in [5.74, 6) is 0.661. The van der Waals surface area contributed by atoms with Crippen molar-refractivity contribution in [2.45, 2.75) is 23.5 Å². The van der Waals surface area contributed by atoms with Crippen molar-refractivity contribution in [1.82, 2.24) is 14.9 Å². The zero-order chi connectivity index (χ0) is 19.1. The molecule has 3 aliphatic rings. The van der Waals surface area contributed by atoms with Crippen molar-refractivity contribution in [3.8, 4) is 0 Å². The first-order valence-electron chi connectivity index (χ1n) is 9.76. The third-order valence-electron chi connectivity index (χ3n) is 5.94. The lowest BCUT2D eigenvalue weighted by atomic mass is 10.00. The number of rotatable bonds is 3. The quantitative estimate of drug-likeness (QED) is 0.767. The molecule has 2 fully saturated rings. The SMILES string of the molecule is O=S1(=O)Cc2cnc(N3CCOCC3)nc2[C@H]2CN(Cc3ccccc3)C[C@H]21. The van der Waals surface area contributed by atoms with Crippen LogP contribution >= 0.6 is 0 Å². The Labute approximate surface area is 165 Å². The van der Waals surface area contributed by atoms with E-state index in [1.165, 1.54) is 5.56 Å². The van der Waals surface area contributed by atoms with Gasteiger partial charge in [0.1, 0.15) is 0 Å². The van der Waals surface area contributed by atoms with Crippen molar-refractivity contribution in [1.29, 1.82) is 0 Å². The molecular formula is C20H24N4O3S. The largest absolute Gasteiger partial charge is 0.378 e. The number of morpholine rings is 1. The molecule has 0 radical (unpaired) electrons. The summed E-state index contributed by atoms with van der Waals surface area (Å²) in [7, 11) is -3.19. The maximum Gasteiger partial charge on any atom is 0.225 e. The molecule has 2 aromatic rings. The van der Waals surface area contributed by atoms with Gasteiger partial charge in [-0.25, -0.2) is 18.4 Å². The fourth-order valence-electron chi connectivity index (χ4n) is 4.53. The first-order valence-corrected chi connectivity index (χ1v) is 11.5. The Morgan fingerprint density at radius 1 is 1.11 bits per heavy atom. The summed E-state index contributed by atoms with van der Waals surface area (Å²) in [6, 6.07) is 10.2. The van der Waals surface area contributed by atoms with Crippen LogP contribution in [-0.4, -0.2) is 67.9 Å². The van der Waals surface area contributed by atoms with Gasteiger partial charge in [0.15, 0.2) is 9.84 Å². The minimum Gasteiger partial charge on any atom is -0.378 e. The molecule has 0 bridgehead atoms. The lowest BCUT2D eigenvalue weighted by Gasteiger charge is -2.30. The molecule has 148 valence electrons. The number of benzene rings is 1. The van der Waals surface area contributed by atoms with Gasteiger partial charge in [-0.3, -0.25) is 4.90 Å². The van der Waals surface area contributed by atoms with Crippen LogP contribution in [0.4, 0.5) is 5.95 Å². The lowest BCUT2D eigenvalue weighted by Crippen LogP contribution is -2.39. The second-order valence-electron chi connectivity index (χ2n) is 7.81. The Bertz CT molecular complexity index is 961. The average Bonchev–Trinajstić information content (AvgIpc) is 3.14. The summed E-state index contributed by atoms with van der Waals surface area (Å²) in [5.41, 5.74) is 2.89. The van der Waals surface area contributed by atoms with Crippen LogP contribution in [0.5, 0.6) is 0 Å². The molecule has 5 rings (SSSR count). The zero-order valence-corrected chi connectivity index (χ0v) is 16.5. The number of likely N-dealkylation sites (tertiary alicyclic amines) is 1. The summed E-state index contributed by atoms with van der Waals surface area (Å²) >= 11 is 0. The Balaban J connectivity index is 1.44. The van der Waals surface area contributed by atoms with Crippen molar-refractivity contribution in [2.24, 2.45) is 0 Å². The zero-order valence-electron chi connectivity index (χ0n) is 15.7. The van der Waals surface area contributed by atoms with Crippen LogP contribution in [0.2, 0.25) is 0 Å². The molecule has 0 saturated carbocycles. The van der Waals surface area contributed by atoms with Crippen molar-refractivity contribution in [3.63, 3.8) is 0 Å². The third kappa shape index (κ3) is 3.29. The predicted octanol–water partition coefficient (Wildman–Crippen LogP) is 1.21. The van der Waals surface area contributed by atoms with Crippen LogP contribution in [0, 0.1) is 0 Å². The van der Waals surface area contributed by atoms with Crippen LogP contribution < -0.4 is 4.90 Å². The summed E-state index contributed by atoms with van der Waals surface area (Å²) in [4.78, 5) is 13.7. The molecule has 1 aromatic heterocycles. The summed E-state index contributed by atoms with van der Waals surface area (Å²) in [5, 5.41) is -0.379. The van der Waals surface area contributed by atoms with Gasteiger partial charge >= 0.3 is 0 Å². The first kappa shape index (κ1) is 18.0. The minimum atomic E-state index is -3.19. The van der Waals surface area contributed by atoms with Gasteiger partial charge in [-0.2, -0.15) is 0 Å². The highest BCUT2D eigenvalue weighted by molar-refractivity contribution is 7.91. The van der Waals surface area contributed by atoms with E-state index in [2.05, 4.69) is 26.9 Å². The van der Waals surface area contributed by atoms with Crippen molar-refractivity contribution in [3.05, 3.63) is 53.3 Å². The van der Waals surface area contributed by atoms with Gasteiger partial charge in [0, 0.05) is 50.4 Å². The van der Waals surface area contributed by atoms with E-state index in [4.69, 9.17) is 9.72 Å². The van der Waals surface area contributed by atoms with Gasteiger partial charge in [0.25, 0.3) is 0 Å². The summed E-state index contributed by atoms with van der Waals surface area (Å²) in [6.45, 7) is 4.93. The van der Waals surface area contributed by atoms with Gasteiger partial charge in [0.05, 0.1) is 29.9 Å². The molecule has 2 saturated heterocycles. The normalized spacial score (nSPS) is 26.6. The number of ether oxygens (including phenoxy) is 1. The van der Waals surface area contributed by atoms with E-state index >= 15 is 0 Å². The van der Waals surface area contributed by atoms with Crippen LogP contribution in [0.1, 0.15) is 22.7 Å². The molecule has 0 N–H and O–H groups in total. The average molecular weight is 401 g/mol. The fraction of sp³-hybridized carbons (Fsp3) is 0.500. The maximum atomic E-state index is 12.9. The molecule has 4 heterocycles. The lowest BCUT2D eigenvalue weighted by molar-refractivity contribution is 0.122. The molecule has 7 nitrogen and oxygen atoms in total. The second kappa shape index (κ2) is 7.09. The van der Waals surface area contributed by atoms with Crippen LogP contribution in [-0.2, 0) is 26.9 Å². The van der Waals surface area contributed by atoms with Gasteiger partial charge in [-0.15, -0.1) is 0 Å². The molecule has 8 heteroatoms. The van der Waals surface area contributed by atoms with E-state index in [1.54, 1.807) is 6.20 Å². The summed E-state index contributed by atoms with van der Waals surface area (Å²) < 4.78 is 31.2. The van der Waals surface area contributed by atoms with Crippen LogP contribution in [0.3, 0.4) is 0 Å². The molecule has 3 aliphatic heterocycles. The fourth-order valence-corrected chi connectivity index (χ4v) is 6.55. The summed E-state index contributed by atoms with van der Waals surface area (Å²) in [6.07, 6.45) is 1.72. The van der Waals surface area contributed by atoms with E-state index in [1.807, 2.05) is 18.2 Å². The number of hydrogen-bond acceptors (Lipinski definition) is 7. The molecule has 0 amide bonds. The highest BCUT2D eigenvalue weighted by Gasteiger charge is 2.47. The first-order chi connectivity index (χ1) is 13.6. The number of sulfone groups is 1. The molecule has 2 atom stereocenters. The minimum absolute atomic E-state index is 0.0477. The third-order valence-corrected chi connectivity index (χ3v) is 8.05. The standard InChI is InChI=1S/C20H24N4O3S/c25-28(26)14-16-10-21-20(24-6-8-27-9-7-24)22-19(16)17-12-23(13-18(17)28)11-15-4-2-1-3-5-15/h1-5,10,17-18H,6-9,11-14H2/t17-,18+/m0/s1. The molecule has 28 heavy (non-hydrogen) atoms.